The average Bonchev–Trinajstić information content (AvgIpc) is 2.91. The zero-order valence-electron chi connectivity index (χ0n) is 25.0. The number of aromatic nitrogens is 2. The molecule has 1 fully saturated rings. The van der Waals surface area contributed by atoms with E-state index in [2.05, 4.69) is 31.2 Å². The fourth-order valence-electron chi connectivity index (χ4n) is 4.44. The Bertz CT molecular complexity index is 1260. The first-order valence-electron chi connectivity index (χ1n) is 14.2. The molecule has 0 aliphatic heterocycles. The number of anilines is 3. The highest BCUT2D eigenvalue weighted by Crippen LogP contribution is 2.22. The second kappa shape index (κ2) is 14.5. The van der Waals surface area contributed by atoms with Gasteiger partial charge in [-0.1, -0.05) is 6.92 Å². The van der Waals surface area contributed by atoms with Gasteiger partial charge in [-0.15, -0.1) is 0 Å². The molecule has 6 N–H and O–H groups in total. The van der Waals surface area contributed by atoms with E-state index >= 15 is 0 Å². The fraction of sp³-hybridized carbons (Fsp3) is 0.517. The van der Waals surface area contributed by atoms with Crippen molar-refractivity contribution in [3.63, 3.8) is 0 Å². The van der Waals surface area contributed by atoms with E-state index in [1.54, 1.807) is 45.0 Å². The van der Waals surface area contributed by atoms with Crippen LogP contribution in [0.15, 0.2) is 30.5 Å². The first-order chi connectivity index (χ1) is 19.8. The summed E-state index contributed by atoms with van der Waals surface area (Å²) >= 11 is 0. The summed E-state index contributed by atoms with van der Waals surface area (Å²) < 4.78 is 5.30. The van der Waals surface area contributed by atoms with Crippen LogP contribution >= 0.6 is 0 Å². The van der Waals surface area contributed by atoms with Crippen LogP contribution in [0, 0.1) is 0 Å². The van der Waals surface area contributed by atoms with Gasteiger partial charge in [-0.05, 0) is 77.1 Å². The predicted octanol–water partition coefficient (Wildman–Crippen LogP) is 3.17. The third-order valence-corrected chi connectivity index (χ3v) is 6.46. The number of ether oxygens (including phenoxy) is 1. The van der Waals surface area contributed by atoms with Crippen LogP contribution in [0.5, 0.6) is 0 Å². The summed E-state index contributed by atoms with van der Waals surface area (Å²) in [5, 5.41) is 12.3. The van der Waals surface area contributed by atoms with Crippen molar-refractivity contribution >= 4 is 41.3 Å². The molecule has 13 nitrogen and oxygen atoms in total. The number of likely N-dealkylation sites (N-methyl/N-ethyl adjacent to an activating group) is 1. The van der Waals surface area contributed by atoms with Crippen LogP contribution < -0.4 is 27.0 Å². The molecular weight excluding hydrogens is 540 g/mol. The highest BCUT2D eigenvalue weighted by Gasteiger charge is 2.27. The van der Waals surface area contributed by atoms with Gasteiger partial charge in [0, 0.05) is 43.1 Å². The Morgan fingerprint density at radius 2 is 1.74 bits per heavy atom. The number of rotatable bonds is 11. The number of amides is 4. The summed E-state index contributed by atoms with van der Waals surface area (Å²) in [5.41, 5.74) is 6.01. The molecule has 3 rings (SSSR count). The smallest absolute Gasteiger partial charge is 0.410 e. The lowest BCUT2D eigenvalue weighted by Crippen LogP contribution is -2.48. The number of carbonyl (C=O) groups excluding carboxylic acids is 4. The molecule has 0 spiro atoms. The molecule has 2 atom stereocenters. The van der Waals surface area contributed by atoms with E-state index in [0.717, 1.165) is 25.7 Å². The number of hydrogen-bond acceptors (Lipinski definition) is 9. The summed E-state index contributed by atoms with van der Waals surface area (Å²) in [6.45, 7) is 7.80. The minimum atomic E-state index is -0.649. The Labute approximate surface area is 246 Å². The molecule has 4 amide bonds. The third-order valence-electron chi connectivity index (χ3n) is 6.46. The van der Waals surface area contributed by atoms with Gasteiger partial charge in [-0.3, -0.25) is 14.4 Å². The van der Waals surface area contributed by atoms with Crippen molar-refractivity contribution in [2.24, 2.45) is 5.73 Å². The van der Waals surface area contributed by atoms with Gasteiger partial charge in [0.15, 0.2) is 0 Å². The number of nitrogens with one attached hydrogen (secondary N) is 4. The second-order valence-corrected chi connectivity index (χ2v) is 11.4. The molecule has 0 saturated heterocycles. The molecule has 228 valence electrons. The van der Waals surface area contributed by atoms with Crippen LogP contribution in [0.25, 0.3) is 0 Å². The van der Waals surface area contributed by atoms with Gasteiger partial charge in [0.2, 0.25) is 17.8 Å². The molecule has 0 radical (unpaired) electrons. The molecule has 1 heterocycles. The van der Waals surface area contributed by atoms with Gasteiger partial charge >= 0.3 is 6.09 Å². The lowest BCUT2D eigenvalue weighted by atomic mass is 9.90. The maximum atomic E-state index is 13.3. The molecule has 1 aliphatic rings. The summed E-state index contributed by atoms with van der Waals surface area (Å²) in [6, 6.07) is 6.29. The highest BCUT2D eigenvalue weighted by molar-refractivity contribution is 5.99. The minimum absolute atomic E-state index is 0.123. The van der Waals surface area contributed by atoms with E-state index < -0.39 is 17.6 Å². The van der Waals surface area contributed by atoms with E-state index in [0.29, 0.717) is 35.6 Å². The van der Waals surface area contributed by atoms with Crippen LogP contribution in [-0.4, -0.2) is 76.5 Å². The average molecular weight is 583 g/mol. The maximum Gasteiger partial charge on any atom is 0.410 e. The normalized spacial score (nSPS) is 16.6. The van der Waals surface area contributed by atoms with E-state index in [-0.39, 0.29) is 36.4 Å². The van der Waals surface area contributed by atoms with Gasteiger partial charge in [-0.25, -0.2) is 9.78 Å². The van der Waals surface area contributed by atoms with Crippen molar-refractivity contribution in [3.8, 4) is 0 Å². The number of hydrogen-bond donors (Lipinski definition) is 5. The summed E-state index contributed by atoms with van der Waals surface area (Å²) in [6.07, 6.45) is 4.67. The number of nitrogens with two attached hydrogens (primary N) is 1. The number of primary amides is 1. The monoisotopic (exact) mass is 582 g/mol. The topological polar surface area (TPSA) is 181 Å². The highest BCUT2D eigenvalue weighted by atomic mass is 16.6. The molecule has 1 aliphatic carbocycles. The third kappa shape index (κ3) is 9.89. The zero-order chi connectivity index (χ0) is 30.9. The predicted molar refractivity (Wildman–Crippen MR) is 160 cm³/mol. The van der Waals surface area contributed by atoms with Crippen molar-refractivity contribution in [3.05, 3.63) is 41.6 Å². The van der Waals surface area contributed by atoms with Crippen LogP contribution in [0.1, 0.15) is 80.5 Å². The molecule has 2 unspecified atom stereocenters. The Morgan fingerprint density at radius 3 is 2.36 bits per heavy atom. The summed E-state index contributed by atoms with van der Waals surface area (Å²) in [4.78, 5) is 59.4. The maximum absolute atomic E-state index is 13.3. The molecule has 13 heteroatoms. The Morgan fingerprint density at radius 1 is 1.07 bits per heavy atom. The minimum Gasteiger partial charge on any atom is -0.444 e. The lowest BCUT2D eigenvalue weighted by molar-refractivity contribution is -0.122. The quantitative estimate of drug-likeness (QED) is 0.266. The van der Waals surface area contributed by atoms with Crippen LogP contribution in [0.3, 0.4) is 0 Å². The number of carbonyl (C=O) groups is 4. The number of nitrogens with zero attached hydrogens (tertiary/aromatic N) is 3. The molecular formula is C29H42N8O5. The lowest BCUT2D eigenvalue weighted by Gasteiger charge is -2.31. The van der Waals surface area contributed by atoms with E-state index in [4.69, 9.17) is 10.5 Å². The summed E-state index contributed by atoms with van der Waals surface area (Å²) in [7, 11) is 1.52. The van der Waals surface area contributed by atoms with Crippen LogP contribution in [0.4, 0.5) is 22.2 Å². The van der Waals surface area contributed by atoms with Crippen molar-refractivity contribution < 1.29 is 23.9 Å². The standard InChI is InChI=1S/C29H42N8O5/c1-6-14-31-25-22(16-32-27(36-25)35-19-12-10-18(11-13-19)24(30)39)26(40)34-21-9-7-8-20(15-21)33-23(38)17-37(5)28(41)42-29(2,3)4/h10-13,16,20-21H,6-9,14-15,17H2,1-5H3,(H2,30,39)(H,33,38)(H,34,40)(H2,31,32,35,36). The van der Waals surface area contributed by atoms with E-state index in [1.165, 1.54) is 18.1 Å². The van der Waals surface area contributed by atoms with Crippen molar-refractivity contribution in [1.82, 2.24) is 25.5 Å². The van der Waals surface area contributed by atoms with Crippen LogP contribution in [-0.2, 0) is 9.53 Å². The SMILES string of the molecule is CCCNc1nc(Nc2ccc(C(N)=O)cc2)ncc1C(=O)NC1CCCC(NC(=O)CN(C)C(=O)OC(C)(C)C)C1. The zero-order valence-corrected chi connectivity index (χ0v) is 25.0. The Hall–Kier alpha value is -4.42. The molecule has 1 saturated carbocycles. The first-order valence-corrected chi connectivity index (χ1v) is 14.2. The van der Waals surface area contributed by atoms with Crippen molar-refractivity contribution in [2.75, 3.05) is 30.8 Å². The Kier molecular flexibility index (Phi) is 11.1. The molecule has 0 bridgehead atoms. The van der Waals surface area contributed by atoms with Gasteiger partial charge in [0.1, 0.15) is 23.5 Å². The van der Waals surface area contributed by atoms with Crippen molar-refractivity contribution in [1.29, 1.82) is 0 Å². The summed E-state index contributed by atoms with van der Waals surface area (Å²) in [5.74, 6) is -0.434. The number of benzene rings is 1. The largest absolute Gasteiger partial charge is 0.444 e. The second-order valence-electron chi connectivity index (χ2n) is 11.4. The van der Waals surface area contributed by atoms with Gasteiger partial charge in [0.05, 0.1) is 0 Å². The van der Waals surface area contributed by atoms with E-state index in [9.17, 15) is 19.2 Å². The fourth-order valence-corrected chi connectivity index (χ4v) is 4.44. The Balaban J connectivity index is 1.60. The van der Waals surface area contributed by atoms with Gasteiger partial charge in [0.25, 0.3) is 5.91 Å². The van der Waals surface area contributed by atoms with E-state index in [1.807, 2.05) is 6.92 Å². The first kappa shape index (κ1) is 32.1. The molecule has 42 heavy (non-hydrogen) atoms. The van der Waals surface area contributed by atoms with Gasteiger partial charge in [-0.2, -0.15) is 4.98 Å². The molecule has 2 aromatic rings. The van der Waals surface area contributed by atoms with Crippen LogP contribution in [0.2, 0.25) is 0 Å². The molecule has 1 aromatic heterocycles. The van der Waals surface area contributed by atoms with Crippen molar-refractivity contribution in [2.45, 2.75) is 77.5 Å². The van der Waals surface area contributed by atoms with Gasteiger partial charge < -0.3 is 36.6 Å². The molecule has 1 aromatic carbocycles.